The Morgan fingerprint density at radius 3 is 2.71 bits per heavy atom. The van der Waals surface area contributed by atoms with Crippen molar-refractivity contribution in [1.29, 1.82) is 0 Å². The van der Waals surface area contributed by atoms with Crippen LogP contribution < -0.4 is 4.74 Å². The predicted octanol–water partition coefficient (Wildman–Crippen LogP) is 4.35. The first kappa shape index (κ1) is 14.3. The normalized spacial score (nSPS) is 12.5. The number of ether oxygens (including phenoxy) is 1. The molecule has 0 aromatic heterocycles. The molecule has 0 aliphatic rings. The largest absolute Gasteiger partial charge is 0.496 e. The smallest absolute Gasteiger partial charge is 0.124 e. The predicted molar refractivity (Wildman–Crippen MR) is 71.7 cm³/mol. The number of aliphatic hydroxyl groups excluding tert-OH is 1. The Morgan fingerprint density at radius 2 is 2.06 bits per heavy atom. The van der Waals surface area contributed by atoms with E-state index in [1.807, 2.05) is 0 Å². The number of hydrogen-bond donors (Lipinski definition) is 1. The first-order chi connectivity index (χ1) is 8.19. The Labute approximate surface area is 109 Å². The van der Waals surface area contributed by atoms with Crippen molar-refractivity contribution in [3.63, 3.8) is 0 Å². The fraction of sp³-hybridized carbons (Fsp3) is 0.571. The molecule has 0 amide bonds. The standard InChI is InChI=1S/C14H21ClO2/c1-3-4-5-6-7-13(16)12-10-11(15)8-9-14(12)17-2/h8-10,13,16H,3-7H2,1-2H3. The van der Waals surface area contributed by atoms with E-state index < -0.39 is 6.10 Å². The van der Waals surface area contributed by atoms with Crippen molar-refractivity contribution < 1.29 is 9.84 Å². The molecule has 0 saturated carbocycles. The van der Waals surface area contributed by atoms with Gasteiger partial charge in [0.25, 0.3) is 0 Å². The van der Waals surface area contributed by atoms with Gasteiger partial charge in [-0.25, -0.2) is 0 Å². The molecule has 2 nitrogen and oxygen atoms in total. The molecule has 0 radical (unpaired) electrons. The molecular weight excluding hydrogens is 236 g/mol. The quantitative estimate of drug-likeness (QED) is 0.735. The highest BCUT2D eigenvalue weighted by Crippen LogP contribution is 2.31. The molecule has 1 aromatic carbocycles. The fourth-order valence-corrected chi connectivity index (χ4v) is 2.07. The maximum absolute atomic E-state index is 10.1. The highest BCUT2D eigenvalue weighted by Gasteiger charge is 2.13. The van der Waals surface area contributed by atoms with E-state index in [1.54, 1.807) is 25.3 Å². The van der Waals surface area contributed by atoms with Gasteiger partial charge in [-0.05, 0) is 24.6 Å². The molecule has 1 unspecified atom stereocenters. The van der Waals surface area contributed by atoms with Gasteiger partial charge < -0.3 is 9.84 Å². The first-order valence-corrected chi connectivity index (χ1v) is 6.58. The van der Waals surface area contributed by atoms with Crippen molar-refractivity contribution in [2.75, 3.05) is 7.11 Å². The number of aliphatic hydroxyl groups is 1. The molecule has 0 spiro atoms. The molecule has 17 heavy (non-hydrogen) atoms. The monoisotopic (exact) mass is 256 g/mol. The summed E-state index contributed by atoms with van der Waals surface area (Å²) in [4.78, 5) is 0. The van der Waals surface area contributed by atoms with E-state index in [-0.39, 0.29) is 0 Å². The molecule has 0 heterocycles. The zero-order valence-electron chi connectivity index (χ0n) is 10.6. The first-order valence-electron chi connectivity index (χ1n) is 6.20. The molecule has 1 atom stereocenters. The maximum Gasteiger partial charge on any atom is 0.124 e. The third kappa shape index (κ3) is 4.57. The summed E-state index contributed by atoms with van der Waals surface area (Å²) < 4.78 is 5.23. The van der Waals surface area contributed by atoms with Crippen LogP contribution >= 0.6 is 11.6 Å². The number of unbranched alkanes of at least 4 members (excludes halogenated alkanes) is 3. The Morgan fingerprint density at radius 1 is 1.29 bits per heavy atom. The summed E-state index contributed by atoms with van der Waals surface area (Å²) in [5, 5.41) is 10.8. The van der Waals surface area contributed by atoms with Crippen LogP contribution in [0.5, 0.6) is 5.75 Å². The SMILES string of the molecule is CCCCCCC(O)c1cc(Cl)ccc1OC. The van der Waals surface area contributed by atoms with Crippen LogP contribution in [0.1, 0.15) is 50.7 Å². The zero-order chi connectivity index (χ0) is 12.7. The molecule has 1 N–H and O–H groups in total. The number of halogens is 1. The number of hydrogen-bond acceptors (Lipinski definition) is 2. The Bertz CT molecular complexity index is 339. The van der Waals surface area contributed by atoms with Gasteiger partial charge in [0, 0.05) is 10.6 Å². The summed E-state index contributed by atoms with van der Waals surface area (Å²) in [7, 11) is 1.61. The molecule has 3 heteroatoms. The number of methoxy groups -OCH3 is 1. The van der Waals surface area contributed by atoms with Gasteiger partial charge in [-0.1, -0.05) is 44.2 Å². The van der Waals surface area contributed by atoms with Crippen LogP contribution in [-0.4, -0.2) is 12.2 Å². The van der Waals surface area contributed by atoms with Crippen LogP contribution in [0.4, 0.5) is 0 Å². The van der Waals surface area contributed by atoms with Crippen LogP contribution in [0.15, 0.2) is 18.2 Å². The van der Waals surface area contributed by atoms with Crippen LogP contribution in [0.25, 0.3) is 0 Å². The van der Waals surface area contributed by atoms with Crippen molar-refractivity contribution in [2.24, 2.45) is 0 Å². The Balaban J connectivity index is 2.60. The lowest BCUT2D eigenvalue weighted by molar-refractivity contribution is 0.159. The molecule has 96 valence electrons. The lowest BCUT2D eigenvalue weighted by Crippen LogP contribution is -2.00. The number of rotatable bonds is 7. The average Bonchev–Trinajstić information content (AvgIpc) is 2.34. The Kier molecular flexibility index (Phi) is 6.38. The highest BCUT2D eigenvalue weighted by atomic mass is 35.5. The van der Waals surface area contributed by atoms with Crippen LogP contribution in [-0.2, 0) is 0 Å². The van der Waals surface area contributed by atoms with E-state index in [0.29, 0.717) is 10.8 Å². The summed E-state index contributed by atoms with van der Waals surface area (Å²) in [6, 6.07) is 5.35. The van der Waals surface area contributed by atoms with Gasteiger partial charge >= 0.3 is 0 Å². The van der Waals surface area contributed by atoms with Gasteiger partial charge in [0.05, 0.1) is 13.2 Å². The molecule has 0 aliphatic heterocycles. The topological polar surface area (TPSA) is 29.5 Å². The maximum atomic E-state index is 10.1. The second-order valence-corrected chi connectivity index (χ2v) is 4.69. The minimum absolute atomic E-state index is 0.486. The average molecular weight is 257 g/mol. The molecule has 0 aliphatic carbocycles. The molecular formula is C14H21ClO2. The van der Waals surface area contributed by atoms with Gasteiger partial charge in [0.2, 0.25) is 0 Å². The lowest BCUT2D eigenvalue weighted by atomic mass is 10.0. The van der Waals surface area contributed by atoms with Crippen molar-refractivity contribution in [3.05, 3.63) is 28.8 Å². The van der Waals surface area contributed by atoms with Gasteiger partial charge in [-0.15, -0.1) is 0 Å². The van der Waals surface area contributed by atoms with E-state index in [0.717, 1.165) is 24.8 Å². The van der Waals surface area contributed by atoms with Gasteiger partial charge in [0.1, 0.15) is 5.75 Å². The summed E-state index contributed by atoms with van der Waals surface area (Å²) in [5.74, 6) is 0.706. The van der Waals surface area contributed by atoms with E-state index in [9.17, 15) is 5.11 Å². The molecule has 1 aromatic rings. The molecule has 0 fully saturated rings. The molecule has 0 bridgehead atoms. The van der Waals surface area contributed by atoms with Gasteiger partial charge in [-0.2, -0.15) is 0 Å². The van der Waals surface area contributed by atoms with Gasteiger partial charge in [-0.3, -0.25) is 0 Å². The van der Waals surface area contributed by atoms with Crippen LogP contribution in [0.2, 0.25) is 5.02 Å². The second kappa shape index (κ2) is 7.57. The minimum Gasteiger partial charge on any atom is -0.496 e. The van der Waals surface area contributed by atoms with Crippen LogP contribution in [0, 0.1) is 0 Å². The van der Waals surface area contributed by atoms with E-state index in [1.165, 1.54) is 12.8 Å². The molecule has 1 rings (SSSR count). The lowest BCUT2D eigenvalue weighted by Gasteiger charge is -2.15. The number of benzene rings is 1. The van der Waals surface area contributed by atoms with Crippen molar-refractivity contribution in [2.45, 2.75) is 45.1 Å². The summed E-state index contributed by atoms with van der Waals surface area (Å²) >= 11 is 5.93. The molecule has 0 saturated heterocycles. The summed E-state index contributed by atoms with van der Waals surface area (Å²) in [6.07, 6.45) is 4.90. The highest BCUT2D eigenvalue weighted by molar-refractivity contribution is 6.30. The van der Waals surface area contributed by atoms with Crippen molar-refractivity contribution >= 4 is 11.6 Å². The zero-order valence-corrected chi connectivity index (χ0v) is 11.3. The van der Waals surface area contributed by atoms with Crippen molar-refractivity contribution in [3.8, 4) is 5.75 Å². The van der Waals surface area contributed by atoms with Gasteiger partial charge in [0.15, 0.2) is 0 Å². The minimum atomic E-state index is -0.486. The van der Waals surface area contributed by atoms with Crippen molar-refractivity contribution in [1.82, 2.24) is 0 Å². The summed E-state index contributed by atoms with van der Waals surface area (Å²) in [6.45, 7) is 2.18. The fourth-order valence-electron chi connectivity index (χ4n) is 1.89. The van der Waals surface area contributed by atoms with E-state index in [2.05, 4.69) is 6.92 Å². The summed E-state index contributed by atoms with van der Waals surface area (Å²) in [5.41, 5.74) is 0.788. The second-order valence-electron chi connectivity index (χ2n) is 4.25. The third-order valence-corrected chi connectivity index (χ3v) is 3.12. The van der Waals surface area contributed by atoms with E-state index >= 15 is 0 Å². The van der Waals surface area contributed by atoms with Crippen LogP contribution in [0.3, 0.4) is 0 Å². The van der Waals surface area contributed by atoms with E-state index in [4.69, 9.17) is 16.3 Å². The third-order valence-electron chi connectivity index (χ3n) is 2.88. The Hall–Kier alpha value is -0.730.